The molecule has 0 aromatic rings. The molecule has 2 fully saturated rings. The summed E-state index contributed by atoms with van der Waals surface area (Å²) >= 11 is 0. The number of ether oxygens (including phenoxy) is 1. The van der Waals surface area contributed by atoms with Crippen LogP contribution in [0.5, 0.6) is 0 Å². The number of hydrogen-bond acceptors (Lipinski definition) is 2. The van der Waals surface area contributed by atoms with Crippen molar-refractivity contribution in [2.75, 3.05) is 13.2 Å². The van der Waals surface area contributed by atoms with Gasteiger partial charge in [-0.15, -0.1) is 0 Å². The van der Waals surface area contributed by atoms with E-state index in [9.17, 15) is 0 Å². The van der Waals surface area contributed by atoms with Crippen LogP contribution in [0.25, 0.3) is 0 Å². The Morgan fingerprint density at radius 2 is 1.78 bits per heavy atom. The van der Waals surface area contributed by atoms with E-state index in [1.165, 1.54) is 19.3 Å². The Bertz CT molecular complexity index is 85.1. The van der Waals surface area contributed by atoms with Gasteiger partial charge in [-0.2, -0.15) is 0 Å². The molecule has 0 saturated carbocycles. The smallest absolute Gasteiger partial charge is 0.0620 e. The molecule has 0 spiro atoms. The summed E-state index contributed by atoms with van der Waals surface area (Å²) in [6.45, 7) is 1.88. The van der Waals surface area contributed by atoms with Gasteiger partial charge in [0.15, 0.2) is 0 Å². The van der Waals surface area contributed by atoms with E-state index in [4.69, 9.17) is 4.74 Å². The Labute approximate surface area is 55.6 Å². The fourth-order valence-electron chi connectivity index (χ4n) is 1.73. The maximum absolute atomic E-state index is 5.37. The van der Waals surface area contributed by atoms with Crippen LogP contribution in [0.4, 0.5) is 0 Å². The van der Waals surface area contributed by atoms with Crippen molar-refractivity contribution < 1.29 is 4.74 Å². The van der Waals surface area contributed by atoms with Crippen molar-refractivity contribution in [3.8, 4) is 0 Å². The van der Waals surface area contributed by atoms with Gasteiger partial charge in [-0.25, -0.2) is 0 Å². The summed E-state index contributed by atoms with van der Waals surface area (Å²) < 4.78 is 5.37. The number of rotatable bonds is 0. The number of piperidine rings is 1. The van der Waals surface area contributed by atoms with Crippen molar-refractivity contribution in [1.82, 2.24) is 5.32 Å². The molecule has 2 nitrogen and oxygen atoms in total. The highest BCUT2D eigenvalue weighted by atomic mass is 16.5. The molecule has 0 aliphatic carbocycles. The summed E-state index contributed by atoms with van der Waals surface area (Å²) in [4.78, 5) is 0. The summed E-state index contributed by atoms with van der Waals surface area (Å²) in [5.41, 5.74) is 0. The van der Waals surface area contributed by atoms with E-state index >= 15 is 0 Å². The van der Waals surface area contributed by atoms with Crippen LogP contribution in [0.3, 0.4) is 0 Å². The van der Waals surface area contributed by atoms with Crippen molar-refractivity contribution in [1.29, 1.82) is 0 Å². The quantitative estimate of drug-likeness (QED) is 0.512. The van der Waals surface area contributed by atoms with E-state index < -0.39 is 0 Å². The number of morpholine rings is 1. The molecule has 2 aliphatic heterocycles. The second-order valence-corrected chi connectivity index (χ2v) is 3.03. The third kappa shape index (κ3) is 1.10. The zero-order chi connectivity index (χ0) is 6.10. The van der Waals surface area contributed by atoms with Crippen molar-refractivity contribution in [3.05, 3.63) is 0 Å². The second kappa shape index (κ2) is 2.27. The Morgan fingerprint density at radius 1 is 1.11 bits per heavy atom. The molecule has 2 heteroatoms. The lowest BCUT2D eigenvalue weighted by Gasteiger charge is -2.35. The average Bonchev–Trinajstić information content (AvgIpc) is 1.88. The molecule has 0 unspecified atom stereocenters. The van der Waals surface area contributed by atoms with Gasteiger partial charge in [-0.1, -0.05) is 6.42 Å². The van der Waals surface area contributed by atoms with Gasteiger partial charge in [0.25, 0.3) is 0 Å². The molecule has 1 N–H and O–H groups in total. The van der Waals surface area contributed by atoms with Gasteiger partial charge in [-0.3, -0.25) is 0 Å². The fraction of sp³-hybridized carbons (Fsp3) is 1.00. The lowest BCUT2D eigenvalue weighted by molar-refractivity contribution is 0.0238. The highest BCUT2D eigenvalue weighted by Gasteiger charge is 2.24. The molecule has 2 atom stereocenters. The molecule has 2 bridgehead atoms. The molecule has 0 amide bonds. The van der Waals surface area contributed by atoms with E-state index in [1.807, 2.05) is 0 Å². The predicted octanol–water partition coefficient (Wildman–Crippen LogP) is 0.527. The number of nitrogens with one attached hydrogen (secondary N) is 1. The zero-order valence-corrected chi connectivity index (χ0v) is 5.60. The lowest BCUT2D eigenvalue weighted by Crippen LogP contribution is -2.51. The van der Waals surface area contributed by atoms with Crippen LogP contribution in [0.2, 0.25) is 0 Å². The first-order chi connectivity index (χ1) is 4.45. The van der Waals surface area contributed by atoms with Gasteiger partial charge in [0.05, 0.1) is 13.2 Å². The van der Waals surface area contributed by atoms with Crippen LogP contribution in [0.15, 0.2) is 0 Å². The SMILES string of the molecule is C1C[C@@H]2COC[C@@H](C1)N2. The first kappa shape index (κ1) is 5.69. The fourth-order valence-corrected chi connectivity index (χ4v) is 1.73. The Balaban J connectivity index is 1.96. The van der Waals surface area contributed by atoms with Crippen molar-refractivity contribution >= 4 is 0 Å². The van der Waals surface area contributed by atoms with Gasteiger partial charge < -0.3 is 10.1 Å². The number of hydrogen-bond donors (Lipinski definition) is 1. The van der Waals surface area contributed by atoms with E-state index in [2.05, 4.69) is 5.32 Å². The molecular formula is C7H13NO. The zero-order valence-electron chi connectivity index (χ0n) is 5.60. The molecule has 2 saturated heterocycles. The highest BCUT2D eigenvalue weighted by molar-refractivity contribution is 4.83. The minimum atomic E-state index is 0.678. The van der Waals surface area contributed by atoms with Crippen molar-refractivity contribution in [3.63, 3.8) is 0 Å². The minimum Gasteiger partial charge on any atom is -0.378 e. The summed E-state index contributed by atoms with van der Waals surface area (Å²) in [7, 11) is 0. The molecule has 52 valence electrons. The van der Waals surface area contributed by atoms with Crippen LogP contribution in [-0.4, -0.2) is 25.3 Å². The van der Waals surface area contributed by atoms with Gasteiger partial charge in [-0.05, 0) is 12.8 Å². The van der Waals surface area contributed by atoms with Gasteiger partial charge >= 0.3 is 0 Å². The van der Waals surface area contributed by atoms with Crippen molar-refractivity contribution in [2.45, 2.75) is 31.3 Å². The molecule has 0 aromatic carbocycles. The van der Waals surface area contributed by atoms with Gasteiger partial charge in [0, 0.05) is 12.1 Å². The van der Waals surface area contributed by atoms with Gasteiger partial charge in [0.2, 0.25) is 0 Å². The van der Waals surface area contributed by atoms with Crippen LogP contribution in [0, 0.1) is 0 Å². The first-order valence-electron chi connectivity index (χ1n) is 3.79. The normalized spacial score (nSPS) is 42.7. The Hall–Kier alpha value is -0.0800. The third-order valence-corrected chi connectivity index (χ3v) is 2.21. The maximum atomic E-state index is 5.37. The Kier molecular flexibility index (Phi) is 1.44. The molecule has 0 aromatic heterocycles. The molecule has 9 heavy (non-hydrogen) atoms. The van der Waals surface area contributed by atoms with Crippen LogP contribution >= 0.6 is 0 Å². The lowest BCUT2D eigenvalue weighted by atomic mass is 9.98. The highest BCUT2D eigenvalue weighted by Crippen LogP contribution is 2.16. The van der Waals surface area contributed by atoms with E-state index in [0.29, 0.717) is 12.1 Å². The predicted molar refractivity (Wildman–Crippen MR) is 35.4 cm³/mol. The van der Waals surface area contributed by atoms with Gasteiger partial charge in [0.1, 0.15) is 0 Å². The molecule has 0 radical (unpaired) electrons. The van der Waals surface area contributed by atoms with E-state index in [-0.39, 0.29) is 0 Å². The monoisotopic (exact) mass is 127 g/mol. The summed E-state index contributed by atoms with van der Waals surface area (Å²) in [6.07, 6.45) is 4.03. The maximum Gasteiger partial charge on any atom is 0.0620 e. The summed E-state index contributed by atoms with van der Waals surface area (Å²) in [5.74, 6) is 0. The third-order valence-electron chi connectivity index (χ3n) is 2.21. The van der Waals surface area contributed by atoms with Crippen LogP contribution in [-0.2, 0) is 4.74 Å². The first-order valence-corrected chi connectivity index (χ1v) is 3.79. The van der Waals surface area contributed by atoms with Crippen LogP contribution in [0.1, 0.15) is 19.3 Å². The Morgan fingerprint density at radius 3 is 2.33 bits per heavy atom. The molecule has 2 heterocycles. The molecular weight excluding hydrogens is 114 g/mol. The topological polar surface area (TPSA) is 21.3 Å². The summed E-state index contributed by atoms with van der Waals surface area (Å²) in [6, 6.07) is 1.36. The van der Waals surface area contributed by atoms with Crippen LogP contribution < -0.4 is 5.32 Å². The summed E-state index contributed by atoms with van der Waals surface area (Å²) in [5, 5.41) is 3.53. The minimum absolute atomic E-state index is 0.678. The second-order valence-electron chi connectivity index (χ2n) is 3.03. The largest absolute Gasteiger partial charge is 0.378 e. The standard InChI is InChI=1S/C7H13NO/c1-2-6-4-9-5-7(3-1)8-6/h6-8H,1-5H2/t6-,7-/m1/s1. The van der Waals surface area contributed by atoms with E-state index in [0.717, 1.165) is 13.2 Å². The molecule has 2 aliphatic rings. The molecule has 2 rings (SSSR count). The van der Waals surface area contributed by atoms with E-state index in [1.54, 1.807) is 0 Å². The van der Waals surface area contributed by atoms with Crippen molar-refractivity contribution in [2.24, 2.45) is 0 Å². The average molecular weight is 127 g/mol. The number of fused-ring (bicyclic) bond motifs is 2.